The van der Waals surface area contributed by atoms with Crippen molar-refractivity contribution in [3.63, 3.8) is 0 Å². The number of thiophene rings is 1. The van der Waals surface area contributed by atoms with Crippen molar-refractivity contribution in [2.75, 3.05) is 18.2 Å². The molecule has 1 amide bonds. The Kier molecular flexibility index (Phi) is 7.80. The Labute approximate surface area is 211 Å². The van der Waals surface area contributed by atoms with E-state index >= 15 is 0 Å². The lowest BCUT2D eigenvalue weighted by molar-refractivity contribution is -0.113. The molecular formula is C23H25ClN4O4S2. The van der Waals surface area contributed by atoms with E-state index in [1.807, 2.05) is 30.5 Å². The molecule has 0 aliphatic heterocycles. The average Bonchev–Trinajstić information content (AvgIpc) is 3.52. The summed E-state index contributed by atoms with van der Waals surface area (Å²) in [5.74, 6) is 0.710. The zero-order valence-corrected chi connectivity index (χ0v) is 21.5. The largest absolute Gasteiger partial charge is 0.481 e. The predicted molar refractivity (Wildman–Crippen MR) is 133 cm³/mol. The highest BCUT2D eigenvalue weighted by atomic mass is 35.5. The first-order valence-electron chi connectivity index (χ1n) is 10.9. The lowest BCUT2D eigenvalue weighted by atomic mass is 10.1. The summed E-state index contributed by atoms with van der Waals surface area (Å²) in [6.45, 7) is 4.48. The number of hydrogen-bond acceptors (Lipinski definition) is 8. The Bertz CT molecular complexity index is 1210. The molecule has 0 spiro atoms. The molecule has 1 atom stereocenters. The number of aryl methyl sites for hydroxylation is 1. The van der Waals surface area contributed by atoms with Crippen LogP contribution in [0.5, 0.6) is 5.75 Å². The molecule has 1 aromatic carbocycles. The van der Waals surface area contributed by atoms with E-state index in [9.17, 15) is 9.59 Å². The quantitative estimate of drug-likeness (QED) is 0.307. The Morgan fingerprint density at radius 2 is 2.09 bits per heavy atom. The number of methoxy groups -OCH3 is 1. The second-order valence-corrected chi connectivity index (χ2v) is 10.1. The number of esters is 1. The van der Waals surface area contributed by atoms with Gasteiger partial charge in [-0.15, -0.1) is 21.5 Å². The number of halogens is 1. The third-order valence-corrected chi connectivity index (χ3v) is 7.95. The van der Waals surface area contributed by atoms with Gasteiger partial charge >= 0.3 is 5.97 Å². The van der Waals surface area contributed by atoms with Gasteiger partial charge in [0, 0.05) is 11.4 Å². The monoisotopic (exact) mass is 520 g/mol. The van der Waals surface area contributed by atoms with Crippen LogP contribution in [0.4, 0.5) is 5.00 Å². The first kappa shape index (κ1) is 24.6. The number of ether oxygens (including phenoxy) is 2. The molecule has 8 nitrogen and oxygen atoms in total. The van der Waals surface area contributed by atoms with E-state index in [2.05, 4.69) is 15.5 Å². The summed E-state index contributed by atoms with van der Waals surface area (Å²) in [6.07, 6.45) is 2.39. The topological polar surface area (TPSA) is 95.3 Å². The lowest BCUT2D eigenvalue weighted by Crippen LogP contribution is -2.17. The normalized spacial score (nSPS) is 13.4. The summed E-state index contributed by atoms with van der Waals surface area (Å²) in [6, 6.07) is 7.26. The van der Waals surface area contributed by atoms with E-state index in [0.29, 0.717) is 38.9 Å². The summed E-state index contributed by atoms with van der Waals surface area (Å²) in [4.78, 5) is 26.2. The summed E-state index contributed by atoms with van der Waals surface area (Å²) in [7, 11) is 1.36. The van der Waals surface area contributed by atoms with Gasteiger partial charge in [-0.2, -0.15) is 0 Å². The Morgan fingerprint density at radius 3 is 2.82 bits per heavy atom. The smallest absolute Gasteiger partial charge is 0.341 e. The predicted octanol–water partition coefficient (Wildman–Crippen LogP) is 5.16. The van der Waals surface area contributed by atoms with Crippen LogP contribution in [-0.4, -0.2) is 39.5 Å². The maximum atomic E-state index is 12.7. The molecule has 1 unspecified atom stereocenters. The molecule has 2 heterocycles. The Balaban J connectivity index is 1.42. The molecular weight excluding hydrogens is 496 g/mol. The number of benzene rings is 1. The SMILES string of the molecule is CCn1c(SCC(=O)Nc2sc3c(c2C(=O)OC)CCC3)nnc1C(C)Oc1ccccc1Cl. The highest BCUT2D eigenvalue weighted by Gasteiger charge is 2.28. The number of carbonyl (C=O) groups is 2. The van der Waals surface area contributed by atoms with Crippen molar-refractivity contribution >= 4 is 51.6 Å². The third-order valence-electron chi connectivity index (χ3n) is 5.46. The van der Waals surface area contributed by atoms with E-state index in [-0.39, 0.29) is 17.8 Å². The van der Waals surface area contributed by atoms with E-state index in [1.165, 1.54) is 30.2 Å². The van der Waals surface area contributed by atoms with Crippen molar-refractivity contribution in [2.24, 2.45) is 0 Å². The van der Waals surface area contributed by atoms with Gasteiger partial charge in [0.25, 0.3) is 0 Å². The van der Waals surface area contributed by atoms with Gasteiger partial charge in [0.05, 0.1) is 23.4 Å². The van der Waals surface area contributed by atoms with Crippen molar-refractivity contribution in [1.29, 1.82) is 0 Å². The van der Waals surface area contributed by atoms with Gasteiger partial charge in [0.1, 0.15) is 10.8 Å². The number of fused-ring (bicyclic) bond motifs is 1. The number of nitrogens with zero attached hydrogens (tertiary/aromatic N) is 3. The zero-order chi connectivity index (χ0) is 24.2. The third kappa shape index (κ3) is 5.08. The molecule has 4 rings (SSSR count). The van der Waals surface area contributed by atoms with Gasteiger partial charge in [-0.05, 0) is 50.8 Å². The van der Waals surface area contributed by atoms with Gasteiger partial charge < -0.3 is 19.4 Å². The fourth-order valence-corrected chi connectivity index (χ4v) is 6.17. The number of para-hydroxylation sites is 1. The Hall–Kier alpha value is -2.56. The van der Waals surface area contributed by atoms with Crippen molar-refractivity contribution in [3.8, 4) is 5.75 Å². The number of anilines is 1. The van der Waals surface area contributed by atoms with Crippen LogP contribution in [0.1, 0.15) is 53.0 Å². The molecule has 1 aliphatic rings. The van der Waals surface area contributed by atoms with Crippen LogP contribution in [0, 0.1) is 0 Å². The maximum Gasteiger partial charge on any atom is 0.341 e. The average molecular weight is 521 g/mol. The van der Waals surface area contributed by atoms with Crippen LogP contribution in [-0.2, 0) is 28.9 Å². The summed E-state index contributed by atoms with van der Waals surface area (Å²) >= 11 is 8.94. The van der Waals surface area contributed by atoms with Crippen LogP contribution in [0.2, 0.25) is 5.02 Å². The number of rotatable bonds is 9. The van der Waals surface area contributed by atoms with E-state index in [0.717, 1.165) is 29.7 Å². The van der Waals surface area contributed by atoms with Crippen LogP contribution < -0.4 is 10.1 Å². The lowest BCUT2D eigenvalue weighted by Gasteiger charge is -2.16. The minimum absolute atomic E-state index is 0.126. The highest BCUT2D eigenvalue weighted by Crippen LogP contribution is 2.39. The molecule has 180 valence electrons. The first-order chi connectivity index (χ1) is 16.4. The molecule has 0 saturated heterocycles. The second-order valence-electron chi connectivity index (χ2n) is 7.67. The van der Waals surface area contributed by atoms with E-state index in [1.54, 1.807) is 12.1 Å². The number of thioether (sulfide) groups is 1. The van der Waals surface area contributed by atoms with Crippen LogP contribution in [0.25, 0.3) is 0 Å². The summed E-state index contributed by atoms with van der Waals surface area (Å²) in [5, 5.41) is 13.1. The van der Waals surface area contributed by atoms with Crippen molar-refractivity contribution < 1.29 is 19.1 Å². The minimum atomic E-state index is -0.412. The number of hydrogen-bond donors (Lipinski definition) is 1. The van der Waals surface area contributed by atoms with Crippen molar-refractivity contribution in [2.45, 2.75) is 50.9 Å². The van der Waals surface area contributed by atoms with E-state index < -0.39 is 5.97 Å². The van der Waals surface area contributed by atoms with Gasteiger partial charge in [0.2, 0.25) is 5.91 Å². The van der Waals surface area contributed by atoms with Crippen LogP contribution >= 0.6 is 34.7 Å². The standard InChI is InChI=1S/C23H25ClN4O4S2/c1-4-28-20(13(2)32-16-10-6-5-9-15(16)24)26-27-23(28)33-12-18(29)25-21-19(22(30)31-3)14-8-7-11-17(14)34-21/h5-6,9-10,13H,4,7-8,11-12H2,1-3H3,(H,25,29). The molecule has 0 radical (unpaired) electrons. The van der Waals surface area contributed by atoms with Gasteiger partial charge in [-0.1, -0.05) is 35.5 Å². The first-order valence-corrected chi connectivity index (χ1v) is 13.1. The van der Waals surface area contributed by atoms with Crippen LogP contribution in [0.15, 0.2) is 29.4 Å². The molecule has 11 heteroatoms. The molecule has 34 heavy (non-hydrogen) atoms. The fraction of sp³-hybridized carbons (Fsp3) is 0.391. The number of aromatic nitrogens is 3. The van der Waals surface area contributed by atoms with Crippen molar-refractivity contribution in [3.05, 3.63) is 51.1 Å². The molecule has 3 aromatic rings. The number of nitrogens with one attached hydrogen (secondary N) is 1. The molecule has 2 aromatic heterocycles. The highest BCUT2D eigenvalue weighted by molar-refractivity contribution is 7.99. The summed E-state index contributed by atoms with van der Waals surface area (Å²) in [5.41, 5.74) is 1.49. The van der Waals surface area contributed by atoms with Crippen molar-refractivity contribution in [1.82, 2.24) is 14.8 Å². The molecule has 1 aliphatic carbocycles. The maximum absolute atomic E-state index is 12.7. The molecule has 0 fully saturated rings. The molecule has 1 N–H and O–H groups in total. The molecule has 0 bridgehead atoms. The minimum Gasteiger partial charge on any atom is -0.481 e. The van der Waals surface area contributed by atoms with Gasteiger partial charge in [-0.25, -0.2) is 4.79 Å². The number of carbonyl (C=O) groups excluding carboxylic acids is 2. The molecule has 0 saturated carbocycles. The zero-order valence-electron chi connectivity index (χ0n) is 19.1. The van der Waals surface area contributed by atoms with Gasteiger partial charge in [-0.3, -0.25) is 4.79 Å². The Morgan fingerprint density at radius 1 is 1.29 bits per heavy atom. The number of amides is 1. The van der Waals surface area contributed by atoms with E-state index in [4.69, 9.17) is 21.1 Å². The second kappa shape index (κ2) is 10.8. The summed E-state index contributed by atoms with van der Waals surface area (Å²) < 4.78 is 12.8. The van der Waals surface area contributed by atoms with Gasteiger partial charge in [0.15, 0.2) is 17.1 Å². The van der Waals surface area contributed by atoms with Crippen LogP contribution in [0.3, 0.4) is 0 Å². The fourth-order valence-electron chi connectivity index (χ4n) is 3.89.